The van der Waals surface area contributed by atoms with Gasteiger partial charge in [-0.2, -0.15) is 0 Å². The molecule has 0 spiro atoms. The Bertz CT molecular complexity index is 2470. The van der Waals surface area contributed by atoms with E-state index in [9.17, 15) is 0 Å². The largest absolute Gasteiger partial charge is 0.456 e. The molecule has 42 heavy (non-hydrogen) atoms. The molecule has 3 heterocycles. The van der Waals surface area contributed by atoms with Crippen LogP contribution in [-0.4, -0.2) is 9.55 Å². The van der Waals surface area contributed by atoms with E-state index in [1.165, 1.54) is 38.2 Å². The lowest BCUT2D eigenvalue weighted by molar-refractivity contribution is 0.669. The molecule has 0 bridgehead atoms. The van der Waals surface area contributed by atoms with Gasteiger partial charge >= 0.3 is 0 Å². The van der Waals surface area contributed by atoms with E-state index in [0.717, 1.165) is 44.4 Å². The number of furan rings is 1. The summed E-state index contributed by atoms with van der Waals surface area (Å²) < 4.78 is 8.41. The van der Waals surface area contributed by atoms with Crippen LogP contribution in [0.2, 0.25) is 0 Å². The summed E-state index contributed by atoms with van der Waals surface area (Å²) >= 11 is 0. The smallest absolute Gasteiger partial charge is 0.138 e. The minimum Gasteiger partial charge on any atom is -0.456 e. The van der Waals surface area contributed by atoms with Gasteiger partial charge in [0.25, 0.3) is 0 Å². The van der Waals surface area contributed by atoms with Gasteiger partial charge in [-0.05, 0) is 81.6 Å². The van der Waals surface area contributed by atoms with Crippen LogP contribution in [0.15, 0.2) is 150 Å². The summed E-state index contributed by atoms with van der Waals surface area (Å²) in [6.07, 6.45) is 1.91. The molecule has 0 N–H and O–H groups in total. The Labute approximate surface area is 241 Å². The van der Waals surface area contributed by atoms with Crippen molar-refractivity contribution >= 4 is 54.5 Å². The van der Waals surface area contributed by atoms with Crippen LogP contribution in [-0.2, 0) is 0 Å². The maximum atomic E-state index is 6.10. The number of aromatic nitrogens is 2. The highest BCUT2D eigenvalue weighted by molar-refractivity contribution is 6.22. The third kappa shape index (κ3) is 3.44. The van der Waals surface area contributed by atoms with E-state index in [0.29, 0.717) is 0 Å². The number of fused-ring (bicyclic) bond motifs is 8. The number of pyridine rings is 1. The van der Waals surface area contributed by atoms with Gasteiger partial charge in [0.05, 0.1) is 11.0 Å². The molecule has 0 aliphatic carbocycles. The van der Waals surface area contributed by atoms with Gasteiger partial charge in [-0.1, -0.05) is 91.0 Å². The first-order valence-corrected chi connectivity index (χ1v) is 14.2. The molecule has 0 radical (unpaired) electrons. The summed E-state index contributed by atoms with van der Waals surface area (Å²) in [4.78, 5) is 4.88. The molecule has 196 valence electrons. The number of rotatable bonds is 3. The van der Waals surface area contributed by atoms with Crippen molar-refractivity contribution in [3.8, 4) is 28.1 Å². The van der Waals surface area contributed by atoms with E-state index in [-0.39, 0.29) is 0 Å². The fraction of sp³-hybridized carbons (Fsp3) is 0. The monoisotopic (exact) mass is 536 g/mol. The van der Waals surface area contributed by atoms with Gasteiger partial charge in [-0.25, -0.2) is 4.98 Å². The standard InChI is InChI=1S/C39H24N2O/c1-2-8-25(9-3-1)29-20-21-40-38(24-29)41-34-17-15-27(23-33(34)39-30-11-5-4-10-26(30)14-18-35(39)41)28-16-19-37-32(22-28)31-12-6-7-13-36(31)42-37/h1-24H. The topological polar surface area (TPSA) is 31.0 Å². The van der Waals surface area contributed by atoms with Gasteiger partial charge < -0.3 is 4.42 Å². The van der Waals surface area contributed by atoms with Crippen molar-refractivity contribution in [2.75, 3.05) is 0 Å². The summed E-state index contributed by atoms with van der Waals surface area (Å²) in [6, 6.07) is 49.4. The molecule has 0 amide bonds. The molecule has 9 rings (SSSR count). The molecule has 0 aliphatic rings. The molecule has 9 aromatic rings. The van der Waals surface area contributed by atoms with Crippen LogP contribution in [0.1, 0.15) is 0 Å². The highest BCUT2D eigenvalue weighted by Gasteiger charge is 2.17. The second kappa shape index (κ2) is 8.92. The second-order valence-corrected chi connectivity index (χ2v) is 10.8. The number of hydrogen-bond acceptors (Lipinski definition) is 2. The Morgan fingerprint density at radius 2 is 1.14 bits per heavy atom. The molecule has 0 atom stereocenters. The van der Waals surface area contributed by atoms with Crippen molar-refractivity contribution in [3.63, 3.8) is 0 Å². The zero-order chi connectivity index (χ0) is 27.6. The lowest BCUT2D eigenvalue weighted by Crippen LogP contribution is -1.97. The summed E-state index contributed by atoms with van der Waals surface area (Å²) in [6.45, 7) is 0. The van der Waals surface area contributed by atoms with Crippen molar-refractivity contribution in [2.24, 2.45) is 0 Å². The summed E-state index contributed by atoms with van der Waals surface area (Å²) in [5.74, 6) is 0.908. The van der Waals surface area contributed by atoms with Crippen molar-refractivity contribution in [2.45, 2.75) is 0 Å². The minimum absolute atomic E-state index is 0.908. The molecular weight excluding hydrogens is 512 g/mol. The Hall–Kier alpha value is -5.67. The molecular formula is C39H24N2O. The van der Waals surface area contributed by atoms with Crippen LogP contribution in [0.25, 0.3) is 82.6 Å². The lowest BCUT2D eigenvalue weighted by atomic mass is 9.99. The van der Waals surface area contributed by atoms with Crippen molar-refractivity contribution in [1.82, 2.24) is 9.55 Å². The van der Waals surface area contributed by atoms with Crippen LogP contribution < -0.4 is 0 Å². The zero-order valence-corrected chi connectivity index (χ0v) is 22.7. The Balaban J connectivity index is 1.32. The summed E-state index contributed by atoms with van der Waals surface area (Å²) in [5.41, 5.74) is 8.78. The molecule has 0 saturated heterocycles. The predicted octanol–water partition coefficient (Wildman–Crippen LogP) is 10.6. The average molecular weight is 537 g/mol. The van der Waals surface area contributed by atoms with Crippen molar-refractivity contribution in [1.29, 1.82) is 0 Å². The average Bonchev–Trinajstić information content (AvgIpc) is 3.60. The summed E-state index contributed by atoms with van der Waals surface area (Å²) in [5, 5.41) is 7.20. The second-order valence-electron chi connectivity index (χ2n) is 10.8. The number of para-hydroxylation sites is 1. The van der Waals surface area contributed by atoms with Crippen LogP contribution in [0.3, 0.4) is 0 Å². The number of nitrogens with zero attached hydrogens (tertiary/aromatic N) is 2. The SMILES string of the molecule is c1ccc(-c2ccnc(-n3c4ccc(-c5ccc6oc7ccccc7c6c5)cc4c4c5ccccc5ccc43)c2)cc1. The molecule has 0 saturated carbocycles. The first-order chi connectivity index (χ1) is 20.8. The predicted molar refractivity (Wildman–Crippen MR) is 174 cm³/mol. The minimum atomic E-state index is 0.908. The van der Waals surface area contributed by atoms with Gasteiger partial charge in [0.1, 0.15) is 17.0 Å². The lowest BCUT2D eigenvalue weighted by Gasteiger charge is -2.10. The molecule has 0 aliphatic heterocycles. The van der Waals surface area contributed by atoms with E-state index in [4.69, 9.17) is 9.40 Å². The van der Waals surface area contributed by atoms with Gasteiger partial charge in [0, 0.05) is 27.7 Å². The fourth-order valence-corrected chi connectivity index (χ4v) is 6.47. The first-order valence-electron chi connectivity index (χ1n) is 14.2. The molecule has 6 aromatic carbocycles. The molecule has 3 aromatic heterocycles. The number of benzene rings is 6. The van der Waals surface area contributed by atoms with E-state index >= 15 is 0 Å². The highest BCUT2D eigenvalue weighted by Crippen LogP contribution is 2.40. The van der Waals surface area contributed by atoms with Crippen LogP contribution in [0.5, 0.6) is 0 Å². The molecule has 3 nitrogen and oxygen atoms in total. The van der Waals surface area contributed by atoms with Crippen molar-refractivity contribution in [3.05, 3.63) is 146 Å². The van der Waals surface area contributed by atoms with E-state index < -0.39 is 0 Å². The Kier molecular flexibility index (Phi) is 4.90. The van der Waals surface area contributed by atoms with Crippen LogP contribution in [0, 0.1) is 0 Å². The van der Waals surface area contributed by atoms with Gasteiger partial charge in [-0.15, -0.1) is 0 Å². The number of hydrogen-bond donors (Lipinski definition) is 0. The third-order valence-electron chi connectivity index (χ3n) is 8.45. The van der Waals surface area contributed by atoms with E-state index in [1.54, 1.807) is 0 Å². The highest BCUT2D eigenvalue weighted by atomic mass is 16.3. The van der Waals surface area contributed by atoms with Gasteiger partial charge in [0.2, 0.25) is 0 Å². The third-order valence-corrected chi connectivity index (χ3v) is 8.45. The molecule has 3 heteroatoms. The first kappa shape index (κ1) is 23.1. The normalized spacial score (nSPS) is 11.8. The molecule has 0 unspecified atom stereocenters. The molecule has 0 fully saturated rings. The van der Waals surface area contributed by atoms with E-state index in [2.05, 4.69) is 126 Å². The Morgan fingerprint density at radius 1 is 0.452 bits per heavy atom. The van der Waals surface area contributed by atoms with Gasteiger partial charge in [0.15, 0.2) is 0 Å². The van der Waals surface area contributed by atoms with Crippen LogP contribution >= 0.6 is 0 Å². The van der Waals surface area contributed by atoms with Crippen LogP contribution in [0.4, 0.5) is 0 Å². The fourth-order valence-electron chi connectivity index (χ4n) is 6.47. The maximum Gasteiger partial charge on any atom is 0.138 e. The Morgan fingerprint density at radius 3 is 2.05 bits per heavy atom. The maximum absolute atomic E-state index is 6.10. The van der Waals surface area contributed by atoms with Gasteiger partial charge in [-0.3, -0.25) is 4.57 Å². The van der Waals surface area contributed by atoms with E-state index in [1.807, 2.05) is 24.4 Å². The summed E-state index contributed by atoms with van der Waals surface area (Å²) in [7, 11) is 0. The van der Waals surface area contributed by atoms with Crippen molar-refractivity contribution < 1.29 is 4.42 Å². The zero-order valence-electron chi connectivity index (χ0n) is 22.7. The quantitative estimate of drug-likeness (QED) is 0.225.